The molecular formula is C7H11ClN2S. The first-order valence-electron chi connectivity index (χ1n) is 3.07. The SMILES string of the molecule is CSC(C)=N/C=C(/C)C(=N)Cl. The lowest BCUT2D eigenvalue weighted by atomic mass is 10.4. The van der Waals surface area contributed by atoms with E-state index in [1.807, 2.05) is 13.2 Å². The Morgan fingerprint density at radius 2 is 2.09 bits per heavy atom. The van der Waals surface area contributed by atoms with Crippen LogP contribution in [0.1, 0.15) is 13.8 Å². The molecule has 0 spiro atoms. The van der Waals surface area contributed by atoms with Gasteiger partial charge in [0.1, 0.15) is 5.17 Å². The van der Waals surface area contributed by atoms with Crippen LogP contribution in [-0.2, 0) is 0 Å². The monoisotopic (exact) mass is 190 g/mol. The van der Waals surface area contributed by atoms with Crippen molar-refractivity contribution in [2.45, 2.75) is 13.8 Å². The minimum Gasteiger partial charge on any atom is -0.289 e. The van der Waals surface area contributed by atoms with Crippen LogP contribution < -0.4 is 0 Å². The van der Waals surface area contributed by atoms with Crippen molar-refractivity contribution in [3.05, 3.63) is 11.8 Å². The molecule has 11 heavy (non-hydrogen) atoms. The highest BCUT2D eigenvalue weighted by atomic mass is 35.5. The largest absolute Gasteiger partial charge is 0.289 e. The third-order valence-corrected chi connectivity index (χ3v) is 2.08. The average Bonchev–Trinajstić information content (AvgIpc) is 1.99. The summed E-state index contributed by atoms with van der Waals surface area (Å²) in [6.07, 6.45) is 3.55. The van der Waals surface area contributed by atoms with Crippen LogP contribution in [0.5, 0.6) is 0 Å². The van der Waals surface area contributed by atoms with Crippen LogP contribution in [0, 0.1) is 5.41 Å². The number of rotatable bonds is 2. The average molecular weight is 191 g/mol. The van der Waals surface area contributed by atoms with Gasteiger partial charge in [-0.2, -0.15) is 0 Å². The van der Waals surface area contributed by atoms with Gasteiger partial charge < -0.3 is 0 Å². The molecule has 0 aromatic carbocycles. The maximum absolute atomic E-state index is 7.02. The molecule has 0 aliphatic rings. The van der Waals surface area contributed by atoms with Crippen molar-refractivity contribution < 1.29 is 0 Å². The molecule has 0 aliphatic heterocycles. The first-order chi connectivity index (χ1) is 5.07. The third-order valence-electron chi connectivity index (χ3n) is 1.08. The number of thioether (sulfide) groups is 1. The number of nitrogens with zero attached hydrogens (tertiary/aromatic N) is 1. The van der Waals surface area contributed by atoms with E-state index < -0.39 is 0 Å². The van der Waals surface area contributed by atoms with Gasteiger partial charge in [-0.15, -0.1) is 11.8 Å². The zero-order valence-corrected chi connectivity index (χ0v) is 8.38. The Morgan fingerprint density at radius 3 is 2.45 bits per heavy atom. The van der Waals surface area contributed by atoms with Crippen molar-refractivity contribution in [3.8, 4) is 0 Å². The first-order valence-corrected chi connectivity index (χ1v) is 4.67. The van der Waals surface area contributed by atoms with E-state index in [0.29, 0.717) is 5.57 Å². The quantitative estimate of drug-likeness (QED) is 0.528. The third kappa shape index (κ3) is 5.04. The molecule has 0 radical (unpaired) electrons. The van der Waals surface area contributed by atoms with E-state index in [0.717, 1.165) is 5.04 Å². The van der Waals surface area contributed by atoms with E-state index in [9.17, 15) is 0 Å². The van der Waals surface area contributed by atoms with Crippen molar-refractivity contribution in [1.82, 2.24) is 0 Å². The summed E-state index contributed by atoms with van der Waals surface area (Å²) < 4.78 is 0. The van der Waals surface area contributed by atoms with E-state index in [1.54, 1.807) is 24.9 Å². The molecule has 62 valence electrons. The molecule has 4 heteroatoms. The number of halogens is 1. The van der Waals surface area contributed by atoms with Crippen LogP contribution in [0.3, 0.4) is 0 Å². The lowest BCUT2D eigenvalue weighted by Crippen LogP contribution is -1.86. The molecule has 0 bridgehead atoms. The fourth-order valence-corrected chi connectivity index (χ4v) is 0.504. The minimum absolute atomic E-state index is 0.0441. The van der Waals surface area contributed by atoms with Crippen molar-refractivity contribution in [1.29, 1.82) is 5.41 Å². The van der Waals surface area contributed by atoms with Crippen LogP contribution in [-0.4, -0.2) is 16.5 Å². The van der Waals surface area contributed by atoms with Gasteiger partial charge in [0, 0.05) is 11.8 Å². The second-order valence-electron chi connectivity index (χ2n) is 1.98. The van der Waals surface area contributed by atoms with E-state index in [2.05, 4.69) is 4.99 Å². The van der Waals surface area contributed by atoms with Crippen LogP contribution in [0.2, 0.25) is 0 Å². The molecule has 0 unspecified atom stereocenters. The Morgan fingerprint density at radius 1 is 1.55 bits per heavy atom. The summed E-state index contributed by atoms with van der Waals surface area (Å²) in [5.74, 6) is 0. The Kier molecular flexibility index (Phi) is 5.24. The van der Waals surface area contributed by atoms with Gasteiger partial charge in [-0.25, -0.2) is 0 Å². The minimum atomic E-state index is 0.0441. The molecule has 2 nitrogen and oxygen atoms in total. The summed E-state index contributed by atoms with van der Waals surface area (Å²) in [7, 11) is 0. The van der Waals surface area contributed by atoms with Gasteiger partial charge in [-0.1, -0.05) is 11.6 Å². The number of hydrogen-bond donors (Lipinski definition) is 1. The summed E-state index contributed by atoms with van der Waals surface area (Å²) in [5.41, 5.74) is 0.681. The zero-order chi connectivity index (χ0) is 8.85. The van der Waals surface area contributed by atoms with Gasteiger partial charge in [-0.3, -0.25) is 10.4 Å². The summed E-state index contributed by atoms with van der Waals surface area (Å²) >= 11 is 6.96. The van der Waals surface area contributed by atoms with Crippen LogP contribution >= 0.6 is 23.4 Å². The van der Waals surface area contributed by atoms with E-state index in [-0.39, 0.29) is 5.17 Å². The van der Waals surface area contributed by atoms with Crippen molar-refractivity contribution >= 4 is 33.6 Å². The summed E-state index contributed by atoms with van der Waals surface area (Å²) in [6, 6.07) is 0. The van der Waals surface area contributed by atoms with Gasteiger partial charge in [0.05, 0.1) is 5.04 Å². The maximum atomic E-state index is 7.02. The second kappa shape index (κ2) is 5.38. The second-order valence-corrected chi connectivity index (χ2v) is 3.36. The molecule has 1 N–H and O–H groups in total. The topological polar surface area (TPSA) is 36.2 Å². The highest BCUT2D eigenvalue weighted by Crippen LogP contribution is 2.02. The number of hydrogen-bond acceptors (Lipinski definition) is 3. The predicted molar refractivity (Wildman–Crippen MR) is 54.0 cm³/mol. The molecule has 0 saturated heterocycles. The Balaban J connectivity index is 4.22. The van der Waals surface area contributed by atoms with E-state index >= 15 is 0 Å². The molecule has 0 rings (SSSR count). The molecular weight excluding hydrogens is 180 g/mol. The fraction of sp³-hybridized carbons (Fsp3) is 0.429. The molecule has 0 heterocycles. The Bertz CT molecular complexity index is 208. The van der Waals surface area contributed by atoms with Crippen molar-refractivity contribution in [2.75, 3.05) is 6.26 Å². The highest BCUT2D eigenvalue weighted by molar-refractivity contribution is 8.13. The highest BCUT2D eigenvalue weighted by Gasteiger charge is 1.91. The number of nitrogens with one attached hydrogen (secondary N) is 1. The lowest BCUT2D eigenvalue weighted by Gasteiger charge is -1.92. The molecule has 0 saturated carbocycles. The first kappa shape index (κ1) is 10.7. The van der Waals surface area contributed by atoms with E-state index in [1.165, 1.54) is 0 Å². The molecule has 0 amide bonds. The molecule has 0 aromatic heterocycles. The normalized spacial score (nSPS) is 13.5. The van der Waals surface area contributed by atoms with Crippen molar-refractivity contribution in [2.24, 2.45) is 4.99 Å². The van der Waals surface area contributed by atoms with Gasteiger partial charge in [-0.05, 0) is 20.1 Å². The van der Waals surface area contributed by atoms with E-state index in [4.69, 9.17) is 17.0 Å². The zero-order valence-electron chi connectivity index (χ0n) is 6.81. The van der Waals surface area contributed by atoms with Gasteiger partial charge in [0.15, 0.2) is 0 Å². The smallest absolute Gasteiger partial charge is 0.125 e. The van der Waals surface area contributed by atoms with Crippen LogP contribution in [0.4, 0.5) is 0 Å². The fourth-order valence-electron chi connectivity index (χ4n) is 0.297. The maximum Gasteiger partial charge on any atom is 0.125 e. The van der Waals surface area contributed by atoms with Crippen LogP contribution in [0.25, 0.3) is 0 Å². The molecule has 0 atom stereocenters. The number of allylic oxidation sites excluding steroid dienone is 1. The molecule has 0 aromatic rings. The predicted octanol–water partition coefficient (Wildman–Crippen LogP) is 2.89. The van der Waals surface area contributed by atoms with Gasteiger partial charge in [0.25, 0.3) is 0 Å². The Labute approximate surface area is 76.2 Å². The number of aliphatic imine (C=N–C) groups is 1. The van der Waals surface area contributed by atoms with Gasteiger partial charge in [0.2, 0.25) is 0 Å². The lowest BCUT2D eigenvalue weighted by molar-refractivity contribution is 1.43. The Hall–Kier alpha value is -0.280. The van der Waals surface area contributed by atoms with Crippen LogP contribution in [0.15, 0.2) is 16.8 Å². The standard InChI is InChI=1S/C7H11ClN2S/c1-5(7(8)9)4-10-6(2)11-3/h4,9H,1-3H3/b5-4-,9-7?,10-6?. The summed E-state index contributed by atoms with van der Waals surface area (Å²) in [4.78, 5) is 4.06. The molecule has 0 fully saturated rings. The van der Waals surface area contributed by atoms with Gasteiger partial charge >= 0.3 is 0 Å². The summed E-state index contributed by atoms with van der Waals surface area (Å²) in [6.45, 7) is 3.67. The summed E-state index contributed by atoms with van der Waals surface area (Å²) in [5, 5.41) is 8.03. The molecule has 0 aliphatic carbocycles. The van der Waals surface area contributed by atoms with Crippen molar-refractivity contribution in [3.63, 3.8) is 0 Å².